The van der Waals surface area contributed by atoms with Crippen molar-refractivity contribution >= 4 is 18.2 Å². The van der Waals surface area contributed by atoms with Crippen LogP contribution in [0.4, 0.5) is 5.95 Å². The third-order valence-electron chi connectivity index (χ3n) is 3.13. The number of aromatic amines is 1. The summed E-state index contributed by atoms with van der Waals surface area (Å²) in [5.41, 5.74) is 0. The van der Waals surface area contributed by atoms with Crippen molar-refractivity contribution in [2.75, 3.05) is 18.0 Å². The summed E-state index contributed by atoms with van der Waals surface area (Å²) in [6, 6.07) is 0. The van der Waals surface area contributed by atoms with Gasteiger partial charge in [0.2, 0.25) is 5.95 Å². The molecule has 2 heterocycles. The molecule has 0 radical (unpaired) electrons. The van der Waals surface area contributed by atoms with Crippen LogP contribution in [0.5, 0.6) is 0 Å². The van der Waals surface area contributed by atoms with E-state index in [1.54, 1.807) is 0 Å². The molecule has 1 fully saturated rings. The lowest BCUT2D eigenvalue weighted by molar-refractivity contribution is 0.494. The Hall–Kier alpha value is -0.840. The quantitative estimate of drug-likeness (QED) is 0.718. The van der Waals surface area contributed by atoms with Crippen LogP contribution < -0.4 is 4.90 Å². The molecule has 0 spiro atoms. The number of anilines is 1. The third kappa shape index (κ3) is 1.45. The zero-order valence-corrected chi connectivity index (χ0v) is 9.64. The molecule has 1 aromatic heterocycles. The first-order valence-corrected chi connectivity index (χ1v) is 5.36. The summed E-state index contributed by atoms with van der Waals surface area (Å²) < 4.78 is 2.62. The van der Waals surface area contributed by atoms with Gasteiger partial charge in [-0.15, -0.1) is 5.10 Å². The van der Waals surface area contributed by atoms with E-state index >= 15 is 0 Å². The molecule has 2 atom stereocenters. The second kappa shape index (κ2) is 3.38. The van der Waals surface area contributed by atoms with Crippen LogP contribution in [0.25, 0.3) is 0 Å². The number of hydrogen-bond acceptors (Lipinski definition) is 3. The van der Waals surface area contributed by atoms with Gasteiger partial charge in [-0.2, -0.15) is 0 Å². The molecule has 1 aliphatic heterocycles. The van der Waals surface area contributed by atoms with Gasteiger partial charge in [-0.3, -0.25) is 4.57 Å². The van der Waals surface area contributed by atoms with Gasteiger partial charge in [0, 0.05) is 20.1 Å². The van der Waals surface area contributed by atoms with Crippen molar-refractivity contribution in [1.29, 1.82) is 0 Å². The largest absolute Gasteiger partial charge is 0.340 e. The SMILES string of the molecule is CC1CN(c2n[nH]c(=S)n2C)CC1C. The van der Waals surface area contributed by atoms with Crippen LogP contribution in [-0.4, -0.2) is 27.9 Å². The molecule has 2 rings (SSSR count). The molecule has 0 amide bonds. The van der Waals surface area contributed by atoms with Gasteiger partial charge in [-0.05, 0) is 24.1 Å². The highest BCUT2D eigenvalue weighted by molar-refractivity contribution is 7.71. The molecule has 1 aromatic rings. The summed E-state index contributed by atoms with van der Waals surface area (Å²) in [4.78, 5) is 2.29. The second-order valence-electron chi connectivity index (χ2n) is 4.25. The van der Waals surface area contributed by atoms with E-state index in [1.807, 2.05) is 11.6 Å². The first-order valence-electron chi connectivity index (χ1n) is 4.96. The molecule has 1 N–H and O–H groups in total. The van der Waals surface area contributed by atoms with E-state index in [1.165, 1.54) is 0 Å². The highest BCUT2D eigenvalue weighted by Crippen LogP contribution is 2.25. The molecule has 0 aliphatic carbocycles. The molecule has 14 heavy (non-hydrogen) atoms. The first kappa shape index (κ1) is 9.71. The Bertz CT molecular complexity index is 370. The molecule has 0 bridgehead atoms. The van der Waals surface area contributed by atoms with E-state index < -0.39 is 0 Å². The van der Waals surface area contributed by atoms with Crippen LogP contribution in [0, 0.1) is 16.6 Å². The Kier molecular flexibility index (Phi) is 2.34. The van der Waals surface area contributed by atoms with Crippen molar-refractivity contribution in [1.82, 2.24) is 14.8 Å². The molecule has 5 heteroatoms. The highest BCUT2D eigenvalue weighted by atomic mass is 32.1. The molecule has 78 valence electrons. The summed E-state index contributed by atoms with van der Waals surface area (Å²) in [7, 11) is 1.95. The van der Waals surface area contributed by atoms with Crippen LogP contribution in [0.1, 0.15) is 13.8 Å². The number of hydrogen-bond donors (Lipinski definition) is 1. The summed E-state index contributed by atoms with van der Waals surface area (Å²) in [6.45, 7) is 6.72. The van der Waals surface area contributed by atoms with E-state index in [9.17, 15) is 0 Å². The van der Waals surface area contributed by atoms with Gasteiger partial charge < -0.3 is 4.90 Å². The van der Waals surface area contributed by atoms with Gasteiger partial charge in [0.15, 0.2) is 4.77 Å². The van der Waals surface area contributed by atoms with Gasteiger partial charge in [0.1, 0.15) is 0 Å². The third-order valence-corrected chi connectivity index (χ3v) is 3.49. The minimum Gasteiger partial charge on any atom is -0.340 e. The minimum absolute atomic E-state index is 0.687. The van der Waals surface area contributed by atoms with Crippen LogP contribution in [0.2, 0.25) is 0 Å². The summed E-state index contributed by atoms with van der Waals surface area (Å²) in [5.74, 6) is 2.44. The maximum atomic E-state index is 5.09. The minimum atomic E-state index is 0.687. The lowest BCUT2D eigenvalue weighted by Gasteiger charge is -2.15. The van der Waals surface area contributed by atoms with Crippen molar-refractivity contribution < 1.29 is 0 Å². The van der Waals surface area contributed by atoms with Gasteiger partial charge >= 0.3 is 0 Å². The van der Waals surface area contributed by atoms with E-state index in [0.29, 0.717) is 4.77 Å². The lowest BCUT2D eigenvalue weighted by Crippen LogP contribution is -2.23. The van der Waals surface area contributed by atoms with Crippen molar-refractivity contribution in [3.8, 4) is 0 Å². The van der Waals surface area contributed by atoms with Crippen molar-refractivity contribution in [2.45, 2.75) is 13.8 Å². The summed E-state index contributed by atoms with van der Waals surface area (Å²) in [6.07, 6.45) is 0. The van der Waals surface area contributed by atoms with Crippen LogP contribution in [0.15, 0.2) is 0 Å². The fourth-order valence-electron chi connectivity index (χ4n) is 1.91. The Morgan fingerprint density at radius 3 is 2.36 bits per heavy atom. The van der Waals surface area contributed by atoms with Gasteiger partial charge in [0.05, 0.1) is 0 Å². The van der Waals surface area contributed by atoms with Crippen LogP contribution in [0.3, 0.4) is 0 Å². The maximum absolute atomic E-state index is 5.09. The number of H-pyrrole nitrogens is 1. The predicted octanol–water partition coefficient (Wildman–Crippen LogP) is 1.57. The smallest absolute Gasteiger partial charge is 0.225 e. The number of rotatable bonds is 1. The van der Waals surface area contributed by atoms with E-state index in [2.05, 4.69) is 28.9 Å². The fourth-order valence-corrected chi connectivity index (χ4v) is 2.04. The molecule has 4 nitrogen and oxygen atoms in total. The van der Waals surface area contributed by atoms with Crippen LogP contribution in [-0.2, 0) is 7.05 Å². The number of aromatic nitrogens is 3. The van der Waals surface area contributed by atoms with Crippen molar-refractivity contribution in [2.24, 2.45) is 18.9 Å². The Labute approximate surface area is 88.9 Å². The molecule has 0 aromatic carbocycles. The molecular weight excluding hydrogens is 196 g/mol. The zero-order chi connectivity index (χ0) is 10.3. The average Bonchev–Trinajstić information content (AvgIpc) is 2.61. The number of nitrogens with one attached hydrogen (secondary N) is 1. The molecule has 1 saturated heterocycles. The Morgan fingerprint density at radius 2 is 1.93 bits per heavy atom. The topological polar surface area (TPSA) is 36.9 Å². The van der Waals surface area contributed by atoms with Crippen molar-refractivity contribution in [3.05, 3.63) is 4.77 Å². The standard InChI is InChI=1S/C9H16N4S/c1-6-4-13(5-7(6)2)8-10-11-9(14)12(8)3/h6-7H,4-5H2,1-3H3,(H,11,14). The van der Waals surface area contributed by atoms with Gasteiger partial charge in [-0.1, -0.05) is 13.8 Å². The Morgan fingerprint density at radius 1 is 1.36 bits per heavy atom. The molecule has 2 unspecified atom stereocenters. The van der Waals surface area contributed by atoms with E-state index in [0.717, 1.165) is 30.9 Å². The maximum Gasteiger partial charge on any atom is 0.225 e. The first-order chi connectivity index (χ1) is 6.59. The molecule has 0 saturated carbocycles. The molecular formula is C9H16N4S. The van der Waals surface area contributed by atoms with Crippen LogP contribution >= 0.6 is 12.2 Å². The molecule has 1 aliphatic rings. The van der Waals surface area contributed by atoms with Gasteiger partial charge in [0.25, 0.3) is 0 Å². The fraction of sp³-hybridized carbons (Fsp3) is 0.778. The lowest BCUT2D eigenvalue weighted by atomic mass is 10.0. The normalized spacial score (nSPS) is 27.2. The summed E-state index contributed by atoms with van der Waals surface area (Å²) in [5, 5.41) is 7.06. The van der Waals surface area contributed by atoms with E-state index in [-0.39, 0.29) is 0 Å². The predicted molar refractivity (Wildman–Crippen MR) is 58.9 cm³/mol. The monoisotopic (exact) mass is 212 g/mol. The zero-order valence-electron chi connectivity index (χ0n) is 8.82. The second-order valence-corrected chi connectivity index (χ2v) is 4.63. The summed E-state index contributed by atoms with van der Waals surface area (Å²) >= 11 is 5.09. The Balaban J connectivity index is 2.25. The number of nitrogens with zero attached hydrogens (tertiary/aromatic N) is 3. The van der Waals surface area contributed by atoms with Gasteiger partial charge in [-0.25, -0.2) is 5.10 Å². The average molecular weight is 212 g/mol. The van der Waals surface area contributed by atoms with E-state index in [4.69, 9.17) is 12.2 Å². The van der Waals surface area contributed by atoms with Crippen molar-refractivity contribution in [3.63, 3.8) is 0 Å². The highest BCUT2D eigenvalue weighted by Gasteiger charge is 2.28.